The van der Waals surface area contributed by atoms with Gasteiger partial charge in [-0.3, -0.25) is 9.69 Å². The molecule has 1 fully saturated rings. The predicted octanol–water partition coefficient (Wildman–Crippen LogP) is 1.79. The average molecular weight is 394 g/mol. The lowest BCUT2D eigenvalue weighted by Crippen LogP contribution is -2.66. The SMILES string of the molecule is CCOC(=O)C(CN(Cc1ccc(F)cc1)C1CC1)(NC(C)=O)C(=O)OCC. The summed E-state index contributed by atoms with van der Waals surface area (Å²) in [5, 5.41) is 2.48. The summed E-state index contributed by atoms with van der Waals surface area (Å²) in [6.45, 7) is 4.89. The van der Waals surface area contributed by atoms with Gasteiger partial charge in [0.05, 0.1) is 13.2 Å². The second kappa shape index (κ2) is 9.64. The lowest BCUT2D eigenvalue weighted by atomic mass is 9.97. The Hall–Kier alpha value is -2.48. The molecule has 2 rings (SSSR count). The van der Waals surface area contributed by atoms with Crippen LogP contribution in [0.2, 0.25) is 0 Å². The molecule has 0 aromatic heterocycles. The Morgan fingerprint density at radius 2 is 1.64 bits per heavy atom. The van der Waals surface area contributed by atoms with Crippen molar-refractivity contribution < 1.29 is 28.2 Å². The molecule has 1 aliphatic carbocycles. The van der Waals surface area contributed by atoms with E-state index in [0.29, 0.717) is 6.54 Å². The third-order valence-electron chi connectivity index (χ3n) is 4.44. The maximum atomic E-state index is 13.2. The minimum atomic E-state index is -1.96. The topological polar surface area (TPSA) is 84.9 Å². The maximum absolute atomic E-state index is 13.2. The molecule has 154 valence electrons. The minimum Gasteiger partial charge on any atom is -0.464 e. The molecule has 1 amide bonds. The fraction of sp³-hybridized carbons (Fsp3) is 0.550. The largest absolute Gasteiger partial charge is 0.464 e. The third kappa shape index (κ3) is 5.51. The summed E-state index contributed by atoms with van der Waals surface area (Å²) in [7, 11) is 0. The number of amides is 1. The van der Waals surface area contributed by atoms with Gasteiger partial charge >= 0.3 is 11.9 Å². The van der Waals surface area contributed by atoms with E-state index in [4.69, 9.17) is 9.47 Å². The van der Waals surface area contributed by atoms with Crippen LogP contribution in [0.25, 0.3) is 0 Å². The lowest BCUT2D eigenvalue weighted by Gasteiger charge is -2.35. The van der Waals surface area contributed by atoms with Crippen LogP contribution in [0, 0.1) is 5.82 Å². The molecule has 28 heavy (non-hydrogen) atoms. The van der Waals surface area contributed by atoms with E-state index in [2.05, 4.69) is 5.32 Å². The van der Waals surface area contributed by atoms with Gasteiger partial charge in [-0.2, -0.15) is 0 Å². The van der Waals surface area contributed by atoms with E-state index in [0.717, 1.165) is 18.4 Å². The predicted molar refractivity (Wildman–Crippen MR) is 99.6 cm³/mol. The molecular formula is C20H27FN2O5. The van der Waals surface area contributed by atoms with Gasteiger partial charge in [-0.1, -0.05) is 12.1 Å². The number of halogens is 1. The minimum absolute atomic E-state index is 0.0565. The maximum Gasteiger partial charge on any atom is 0.345 e. The Morgan fingerprint density at radius 1 is 1.11 bits per heavy atom. The van der Waals surface area contributed by atoms with Gasteiger partial charge < -0.3 is 14.8 Å². The van der Waals surface area contributed by atoms with E-state index in [1.54, 1.807) is 26.0 Å². The highest BCUT2D eigenvalue weighted by molar-refractivity contribution is 6.08. The summed E-state index contributed by atoms with van der Waals surface area (Å²) in [5.41, 5.74) is -1.13. The van der Waals surface area contributed by atoms with Gasteiger partial charge in [0, 0.05) is 26.1 Å². The number of hydrogen-bond donors (Lipinski definition) is 1. The zero-order chi connectivity index (χ0) is 20.7. The van der Waals surface area contributed by atoms with Crippen molar-refractivity contribution in [2.45, 2.75) is 51.7 Å². The second-order valence-electron chi connectivity index (χ2n) is 6.79. The average Bonchev–Trinajstić information content (AvgIpc) is 3.47. The van der Waals surface area contributed by atoms with Gasteiger partial charge in [0.1, 0.15) is 5.82 Å². The second-order valence-corrected chi connectivity index (χ2v) is 6.79. The first-order valence-electron chi connectivity index (χ1n) is 9.44. The van der Waals surface area contributed by atoms with Crippen molar-refractivity contribution in [1.82, 2.24) is 10.2 Å². The monoisotopic (exact) mass is 394 g/mol. The molecular weight excluding hydrogens is 367 g/mol. The number of carbonyl (C=O) groups is 3. The molecule has 0 saturated heterocycles. The van der Waals surface area contributed by atoms with Crippen molar-refractivity contribution in [2.75, 3.05) is 19.8 Å². The third-order valence-corrected chi connectivity index (χ3v) is 4.44. The van der Waals surface area contributed by atoms with Crippen LogP contribution < -0.4 is 5.32 Å². The van der Waals surface area contributed by atoms with E-state index < -0.39 is 23.4 Å². The first kappa shape index (κ1) is 21.8. The lowest BCUT2D eigenvalue weighted by molar-refractivity contribution is -0.169. The zero-order valence-corrected chi connectivity index (χ0v) is 16.5. The summed E-state index contributed by atoms with van der Waals surface area (Å²) in [6.07, 6.45) is 1.81. The Bertz CT molecular complexity index is 685. The van der Waals surface area contributed by atoms with Gasteiger partial charge in [-0.05, 0) is 44.4 Å². The Balaban J connectivity index is 2.35. The number of ether oxygens (including phenoxy) is 2. The highest BCUT2D eigenvalue weighted by atomic mass is 19.1. The van der Waals surface area contributed by atoms with Crippen LogP contribution in [0.1, 0.15) is 39.2 Å². The van der Waals surface area contributed by atoms with Crippen molar-refractivity contribution in [3.63, 3.8) is 0 Å². The van der Waals surface area contributed by atoms with Crippen LogP contribution in [0.3, 0.4) is 0 Å². The van der Waals surface area contributed by atoms with Crippen molar-refractivity contribution in [3.05, 3.63) is 35.6 Å². The molecule has 0 bridgehead atoms. The van der Waals surface area contributed by atoms with Gasteiger partial charge in [0.25, 0.3) is 0 Å². The van der Waals surface area contributed by atoms with E-state index in [-0.39, 0.29) is 31.6 Å². The van der Waals surface area contributed by atoms with Crippen LogP contribution in [0.5, 0.6) is 0 Å². The molecule has 0 atom stereocenters. The van der Waals surface area contributed by atoms with Crippen molar-refractivity contribution >= 4 is 17.8 Å². The number of carbonyl (C=O) groups excluding carboxylic acids is 3. The standard InChI is InChI=1S/C20H27FN2O5/c1-4-27-18(25)20(22-14(3)24,19(26)28-5-2)13-23(17-10-11-17)12-15-6-8-16(21)9-7-15/h6-9,17H,4-5,10-13H2,1-3H3,(H,22,24). The van der Waals surface area contributed by atoms with Crippen molar-refractivity contribution in [1.29, 1.82) is 0 Å². The molecule has 0 heterocycles. The van der Waals surface area contributed by atoms with Crippen molar-refractivity contribution in [2.24, 2.45) is 0 Å². The van der Waals surface area contributed by atoms with Crippen LogP contribution >= 0.6 is 0 Å². The molecule has 1 aromatic rings. The quantitative estimate of drug-likeness (QED) is 0.481. The molecule has 1 aliphatic rings. The molecule has 7 nitrogen and oxygen atoms in total. The van der Waals surface area contributed by atoms with Gasteiger partial charge in [-0.25, -0.2) is 14.0 Å². The van der Waals surface area contributed by atoms with Crippen LogP contribution in [0.4, 0.5) is 4.39 Å². The van der Waals surface area contributed by atoms with Crippen LogP contribution in [-0.4, -0.2) is 54.1 Å². The fourth-order valence-corrected chi connectivity index (χ4v) is 3.05. The molecule has 1 N–H and O–H groups in total. The van der Waals surface area contributed by atoms with E-state index in [9.17, 15) is 18.8 Å². The van der Waals surface area contributed by atoms with Crippen LogP contribution in [0.15, 0.2) is 24.3 Å². The molecule has 0 aliphatic heterocycles. The number of esters is 2. The highest BCUT2D eigenvalue weighted by Crippen LogP contribution is 2.30. The summed E-state index contributed by atoms with van der Waals surface area (Å²) in [6, 6.07) is 6.18. The summed E-state index contributed by atoms with van der Waals surface area (Å²) < 4.78 is 23.4. The number of nitrogens with zero attached hydrogens (tertiary/aromatic N) is 1. The van der Waals surface area contributed by atoms with Gasteiger partial charge in [-0.15, -0.1) is 0 Å². The first-order chi connectivity index (χ1) is 13.3. The van der Waals surface area contributed by atoms with E-state index in [1.165, 1.54) is 19.1 Å². The van der Waals surface area contributed by atoms with Crippen LogP contribution in [-0.2, 0) is 30.4 Å². The summed E-state index contributed by atoms with van der Waals surface area (Å²) in [5.74, 6) is -2.59. The van der Waals surface area contributed by atoms with E-state index in [1.807, 2.05) is 4.90 Å². The summed E-state index contributed by atoms with van der Waals surface area (Å²) in [4.78, 5) is 39.3. The Kier molecular flexibility index (Phi) is 7.51. The molecule has 1 saturated carbocycles. The van der Waals surface area contributed by atoms with Crippen molar-refractivity contribution in [3.8, 4) is 0 Å². The first-order valence-corrected chi connectivity index (χ1v) is 9.44. The highest BCUT2D eigenvalue weighted by Gasteiger charge is 2.52. The van der Waals surface area contributed by atoms with Gasteiger partial charge in [0.15, 0.2) is 0 Å². The number of hydrogen-bond acceptors (Lipinski definition) is 6. The smallest absolute Gasteiger partial charge is 0.345 e. The van der Waals surface area contributed by atoms with E-state index >= 15 is 0 Å². The normalized spacial score (nSPS) is 13.9. The molecule has 0 spiro atoms. The van der Waals surface area contributed by atoms with Gasteiger partial charge in [0.2, 0.25) is 11.4 Å². The Labute approximate surface area is 164 Å². The fourth-order valence-electron chi connectivity index (χ4n) is 3.05. The summed E-state index contributed by atoms with van der Waals surface area (Å²) >= 11 is 0. The Morgan fingerprint density at radius 3 is 2.07 bits per heavy atom. The molecule has 1 aromatic carbocycles. The number of benzene rings is 1. The number of nitrogens with one attached hydrogen (secondary N) is 1. The zero-order valence-electron chi connectivity index (χ0n) is 16.5. The number of rotatable bonds is 10. The molecule has 8 heteroatoms. The molecule has 0 unspecified atom stereocenters. The molecule has 0 radical (unpaired) electrons.